The highest BCUT2D eigenvalue weighted by Crippen LogP contribution is 2.18. The molecular formula is C17H25FN2O. The number of halogens is 1. The number of hydrogen-bond donors (Lipinski definition) is 2. The zero-order chi connectivity index (χ0) is 15.2. The molecule has 1 aliphatic carbocycles. The van der Waals surface area contributed by atoms with E-state index in [1.54, 1.807) is 12.1 Å². The van der Waals surface area contributed by atoms with Crippen LogP contribution in [0.25, 0.3) is 0 Å². The van der Waals surface area contributed by atoms with Crippen LogP contribution in [-0.2, 0) is 4.79 Å². The van der Waals surface area contributed by atoms with Crippen LogP contribution in [-0.4, -0.2) is 18.0 Å². The van der Waals surface area contributed by atoms with E-state index in [0.29, 0.717) is 11.6 Å². The molecule has 1 fully saturated rings. The zero-order valence-corrected chi connectivity index (χ0v) is 12.9. The number of benzene rings is 1. The second-order valence-electron chi connectivity index (χ2n) is 5.98. The topological polar surface area (TPSA) is 41.1 Å². The molecular weight excluding hydrogens is 267 g/mol. The zero-order valence-electron chi connectivity index (χ0n) is 12.9. The Balaban J connectivity index is 1.86. The lowest BCUT2D eigenvalue weighted by Crippen LogP contribution is -2.47. The molecule has 116 valence electrons. The van der Waals surface area contributed by atoms with E-state index in [4.69, 9.17) is 0 Å². The molecule has 0 aromatic heterocycles. The fourth-order valence-corrected chi connectivity index (χ4v) is 2.94. The second-order valence-corrected chi connectivity index (χ2v) is 5.98. The first-order valence-electron chi connectivity index (χ1n) is 7.89. The maximum atomic E-state index is 13.7. The minimum atomic E-state index is -0.332. The molecule has 1 aromatic carbocycles. The highest BCUT2D eigenvalue weighted by atomic mass is 19.1. The van der Waals surface area contributed by atoms with Crippen molar-refractivity contribution in [3.8, 4) is 0 Å². The van der Waals surface area contributed by atoms with Gasteiger partial charge in [-0.3, -0.25) is 10.1 Å². The molecule has 0 bridgehead atoms. The van der Waals surface area contributed by atoms with Gasteiger partial charge in [0, 0.05) is 17.6 Å². The SMILES string of the molecule is CC(N[C@H](C)c1ccccc1F)C(=O)NC1CCCCC1. The van der Waals surface area contributed by atoms with Crippen LogP contribution < -0.4 is 10.6 Å². The van der Waals surface area contributed by atoms with Gasteiger partial charge in [-0.05, 0) is 32.8 Å². The van der Waals surface area contributed by atoms with Crippen LogP contribution in [0.2, 0.25) is 0 Å². The summed E-state index contributed by atoms with van der Waals surface area (Å²) in [5.41, 5.74) is 0.592. The van der Waals surface area contributed by atoms with E-state index in [9.17, 15) is 9.18 Å². The van der Waals surface area contributed by atoms with E-state index >= 15 is 0 Å². The Morgan fingerprint density at radius 1 is 1.19 bits per heavy atom. The van der Waals surface area contributed by atoms with Gasteiger partial charge in [0.2, 0.25) is 5.91 Å². The van der Waals surface area contributed by atoms with Crippen molar-refractivity contribution in [3.63, 3.8) is 0 Å². The molecule has 0 radical (unpaired) electrons. The molecule has 0 saturated heterocycles. The van der Waals surface area contributed by atoms with Crippen molar-refractivity contribution < 1.29 is 9.18 Å². The molecule has 2 N–H and O–H groups in total. The fourth-order valence-electron chi connectivity index (χ4n) is 2.94. The number of nitrogens with one attached hydrogen (secondary N) is 2. The minimum absolute atomic E-state index is 0.00471. The van der Waals surface area contributed by atoms with Crippen molar-refractivity contribution >= 4 is 5.91 Å². The Hall–Kier alpha value is -1.42. The Morgan fingerprint density at radius 2 is 1.86 bits per heavy atom. The van der Waals surface area contributed by atoms with Gasteiger partial charge >= 0.3 is 0 Å². The highest BCUT2D eigenvalue weighted by Gasteiger charge is 2.21. The van der Waals surface area contributed by atoms with Gasteiger partial charge in [-0.25, -0.2) is 4.39 Å². The molecule has 1 aromatic rings. The van der Waals surface area contributed by atoms with E-state index in [2.05, 4.69) is 10.6 Å². The van der Waals surface area contributed by atoms with Gasteiger partial charge in [0.25, 0.3) is 0 Å². The minimum Gasteiger partial charge on any atom is -0.352 e. The van der Waals surface area contributed by atoms with Gasteiger partial charge < -0.3 is 5.32 Å². The molecule has 21 heavy (non-hydrogen) atoms. The second kappa shape index (κ2) is 7.55. The largest absolute Gasteiger partial charge is 0.352 e. The first kappa shape index (κ1) is 16.0. The van der Waals surface area contributed by atoms with Crippen LogP contribution in [0.15, 0.2) is 24.3 Å². The maximum absolute atomic E-state index is 13.7. The van der Waals surface area contributed by atoms with Crippen molar-refractivity contribution in [1.82, 2.24) is 10.6 Å². The van der Waals surface area contributed by atoms with Gasteiger partial charge in [-0.2, -0.15) is 0 Å². The quantitative estimate of drug-likeness (QED) is 0.874. The third-order valence-electron chi connectivity index (χ3n) is 4.22. The summed E-state index contributed by atoms with van der Waals surface area (Å²) in [6.45, 7) is 3.71. The number of amides is 1. The molecule has 0 aliphatic heterocycles. The average molecular weight is 292 g/mol. The summed E-state index contributed by atoms with van der Waals surface area (Å²) in [7, 11) is 0. The molecule has 2 atom stereocenters. The molecule has 2 rings (SSSR count). The standard InChI is InChI=1S/C17H25FN2O/c1-12(15-10-6-7-11-16(15)18)19-13(2)17(21)20-14-8-4-3-5-9-14/h6-7,10-14,19H,3-5,8-9H2,1-2H3,(H,20,21)/t12-,13?/m1/s1. The van der Waals surface area contributed by atoms with Crippen LogP contribution in [0.1, 0.15) is 57.6 Å². The van der Waals surface area contributed by atoms with Crippen LogP contribution in [0.5, 0.6) is 0 Å². The average Bonchev–Trinajstić information content (AvgIpc) is 2.48. The number of rotatable bonds is 5. The normalized spacial score (nSPS) is 19.0. The Bertz CT molecular complexity index is 472. The Labute approximate surface area is 126 Å². The van der Waals surface area contributed by atoms with E-state index in [1.807, 2.05) is 19.9 Å². The van der Waals surface area contributed by atoms with E-state index in [-0.39, 0.29) is 23.8 Å². The van der Waals surface area contributed by atoms with Gasteiger partial charge in [0.15, 0.2) is 0 Å². The summed E-state index contributed by atoms with van der Waals surface area (Å²) in [4.78, 5) is 12.2. The van der Waals surface area contributed by atoms with Crippen LogP contribution in [0.3, 0.4) is 0 Å². The van der Waals surface area contributed by atoms with E-state index in [0.717, 1.165) is 12.8 Å². The summed E-state index contributed by atoms with van der Waals surface area (Å²) in [5.74, 6) is -0.234. The van der Waals surface area contributed by atoms with Crippen LogP contribution in [0, 0.1) is 5.82 Å². The highest BCUT2D eigenvalue weighted by molar-refractivity contribution is 5.81. The monoisotopic (exact) mass is 292 g/mol. The van der Waals surface area contributed by atoms with Gasteiger partial charge in [-0.1, -0.05) is 37.5 Å². The van der Waals surface area contributed by atoms with Gasteiger partial charge in [0.1, 0.15) is 5.82 Å². The summed E-state index contributed by atoms with van der Waals surface area (Å²) in [6.07, 6.45) is 5.80. The number of carbonyl (C=O) groups excluding carboxylic acids is 1. The predicted octanol–water partition coefficient (Wildman–Crippen LogP) is 3.31. The first-order valence-corrected chi connectivity index (χ1v) is 7.89. The molecule has 0 spiro atoms. The Morgan fingerprint density at radius 3 is 2.52 bits per heavy atom. The smallest absolute Gasteiger partial charge is 0.237 e. The summed E-state index contributed by atoms with van der Waals surface area (Å²) in [6, 6.07) is 6.45. The van der Waals surface area contributed by atoms with Crippen molar-refractivity contribution in [2.75, 3.05) is 0 Å². The molecule has 1 saturated carbocycles. The number of carbonyl (C=O) groups is 1. The van der Waals surface area contributed by atoms with E-state index in [1.165, 1.54) is 25.3 Å². The molecule has 3 nitrogen and oxygen atoms in total. The van der Waals surface area contributed by atoms with Crippen molar-refractivity contribution in [1.29, 1.82) is 0 Å². The summed E-state index contributed by atoms with van der Waals surface area (Å²) >= 11 is 0. The third-order valence-corrected chi connectivity index (χ3v) is 4.22. The molecule has 0 heterocycles. The predicted molar refractivity (Wildman–Crippen MR) is 82.4 cm³/mol. The fraction of sp³-hybridized carbons (Fsp3) is 0.588. The Kier molecular flexibility index (Phi) is 5.74. The third kappa shape index (κ3) is 4.53. The van der Waals surface area contributed by atoms with Crippen LogP contribution >= 0.6 is 0 Å². The lowest BCUT2D eigenvalue weighted by Gasteiger charge is -2.26. The van der Waals surface area contributed by atoms with Crippen LogP contribution in [0.4, 0.5) is 4.39 Å². The van der Waals surface area contributed by atoms with Crippen molar-refractivity contribution in [2.24, 2.45) is 0 Å². The molecule has 1 amide bonds. The summed E-state index contributed by atoms with van der Waals surface area (Å²) in [5, 5.41) is 6.27. The molecule has 4 heteroatoms. The first-order chi connectivity index (χ1) is 10.1. The molecule has 1 unspecified atom stereocenters. The maximum Gasteiger partial charge on any atom is 0.237 e. The molecule has 1 aliphatic rings. The lowest BCUT2D eigenvalue weighted by molar-refractivity contribution is -0.123. The van der Waals surface area contributed by atoms with Crippen molar-refractivity contribution in [3.05, 3.63) is 35.6 Å². The van der Waals surface area contributed by atoms with Gasteiger partial charge in [0.05, 0.1) is 6.04 Å². The lowest BCUT2D eigenvalue weighted by atomic mass is 9.95. The van der Waals surface area contributed by atoms with E-state index < -0.39 is 0 Å². The van der Waals surface area contributed by atoms with Crippen molar-refractivity contribution in [2.45, 2.75) is 64.1 Å². The van der Waals surface area contributed by atoms with Gasteiger partial charge in [-0.15, -0.1) is 0 Å². The summed E-state index contributed by atoms with van der Waals surface area (Å²) < 4.78 is 13.7. The number of hydrogen-bond acceptors (Lipinski definition) is 2.